The number of rotatable bonds is 5. The molecule has 172 valence electrons. The first-order chi connectivity index (χ1) is 16.1. The van der Waals surface area contributed by atoms with Gasteiger partial charge in [0.2, 0.25) is 0 Å². The SMILES string of the molecule is CCc1cccc(CC)c1-c1cc(CC)c2c(n1)CCCC2N1CCc2ccc(F)cc2C1. The Morgan fingerprint density at radius 3 is 2.39 bits per heavy atom. The summed E-state index contributed by atoms with van der Waals surface area (Å²) in [4.78, 5) is 7.91. The Hall–Kier alpha value is -2.52. The second-order valence-electron chi connectivity index (χ2n) is 9.58. The lowest BCUT2D eigenvalue weighted by atomic mass is 9.83. The van der Waals surface area contributed by atoms with E-state index in [-0.39, 0.29) is 5.82 Å². The maximum Gasteiger partial charge on any atom is 0.123 e. The van der Waals surface area contributed by atoms with E-state index >= 15 is 0 Å². The van der Waals surface area contributed by atoms with Crippen LogP contribution in [0.1, 0.15) is 78.7 Å². The summed E-state index contributed by atoms with van der Waals surface area (Å²) in [5.41, 5.74) is 11.9. The van der Waals surface area contributed by atoms with Crippen LogP contribution in [0.15, 0.2) is 42.5 Å². The summed E-state index contributed by atoms with van der Waals surface area (Å²) in [6, 6.07) is 14.8. The molecule has 0 N–H and O–H groups in total. The molecular weight excluding hydrogens is 407 g/mol. The van der Waals surface area contributed by atoms with Gasteiger partial charge in [-0.1, -0.05) is 45.0 Å². The fourth-order valence-corrected chi connectivity index (χ4v) is 6.04. The smallest absolute Gasteiger partial charge is 0.123 e. The topological polar surface area (TPSA) is 16.1 Å². The fraction of sp³-hybridized carbons (Fsp3) is 0.433. The lowest BCUT2D eigenvalue weighted by molar-refractivity contribution is 0.160. The van der Waals surface area contributed by atoms with Crippen LogP contribution in [0.2, 0.25) is 0 Å². The average Bonchev–Trinajstić information content (AvgIpc) is 2.86. The molecule has 1 aliphatic heterocycles. The number of hydrogen-bond donors (Lipinski definition) is 0. The number of benzene rings is 2. The molecule has 1 aromatic heterocycles. The molecule has 3 heteroatoms. The van der Waals surface area contributed by atoms with Gasteiger partial charge in [-0.3, -0.25) is 9.88 Å². The Morgan fingerprint density at radius 2 is 1.67 bits per heavy atom. The zero-order valence-corrected chi connectivity index (χ0v) is 20.3. The number of aryl methyl sites for hydroxylation is 4. The normalized spacial score (nSPS) is 18.1. The lowest BCUT2D eigenvalue weighted by Crippen LogP contribution is -2.36. The van der Waals surface area contributed by atoms with Crippen LogP contribution in [0, 0.1) is 5.82 Å². The Balaban J connectivity index is 1.56. The summed E-state index contributed by atoms with van der Waals surface area (Å²) < 4.78 is 13.9. The molecule has 5 rings (SSSR count). The van der Waals surface area contributed by atoms with Gasteiger partial charge in [0, 0.05) is 30.4 Å². The van der Waals surface area contributed by atoms with E-state index in [1.165, 1.54) is 45.5 Å². The molecule has 0 amide bonds. The first kappa shape index (κ1) is 22.3. The summed E-state index contributed by atoms with van der Waals surface area (Å²) >= 11 is 0. The molecule has 0 radical (unpaired) electrons. The first-order valence-corrected chi connectivity index (χ1v) is 12.8. The van der Waals surface area contributed by atoms with Crippen LogP contribution in [-0.4, -0.2) is 16.4 Å². The Kier molecular flexibility index (Phi) is 6.34. The van der Waals surface area contributed by atoms with Crippen molar-refractivity contribution in [2.75, 3.05) is 6.54 Å². The summed E-state index contributed by atoms with van der Waals surface area (Å²) in [6.07, 6.45) is 7.45. The third-order valence-electron chi connectivity index (χ3n) is 7.73. The number of halogens is 1. The van der Waals surface area contributed by atoms with E-state index in [1.807, 2.05) is 6.07 Å². The predicted octanol–water partition coefficient (Wildman–Crippen LogP) is 7.01. The van der Waals surface area contributed by atoms with Gasteiger partial charge in [-0.2, -0.15) is 0 Å². The molecule has 2 nitrogen and oxygen atoms in total. The number of nitrogens with zero attached hydrogens (tertiary/aromatic N) is 2. The quantitative estimate of drug-likeness (QED) is 0.422. The highest BCUT2D eigenvalue weighted by molar-refractivity contribution is 5.69. The standard InChI is InChI=1S/C30H35FN2/c1-4-20-9-7-10-21(5-2)29(20)27-18-22(6-3)30-26(32-27)11-8-12-28(30)33-16-15-23-13-14-25(31)17-24(23)19-33/h7,9-10,13-14,17-18,28H,4-6,8,11-12,15-16,19H2,1-3H3. The largest absolute Gasteiger partial charge is 0.292 e. The Bertz CT molecular complexity index is 1130. The zero-order chi connectivity index (χ0) is 22.9. The number of aromatic nitrogens is 1. The highest BCUT2D eigenvalue weighted by atomic mass is 19.1. The molecule has 3 aromatic rings. The van der Waals surface area contributed by atoms with Crippen LogP contribution in [-0.2, 0) is 38.6 Å². The number of fused-ring (bicyclic) bond motifs is 2. The number of pyridine rings is 1. The molecule has 0 bridgehead atoms. The molecule has 2 aliphatic rings. The van der Waals surface area contributed by atoms with E-state index in [9.17, 15) is 4.39 Å². The minimum Gasteiger partial charge on any atom is -0.292 e. The Morgan fingerprint density at radius 1 is 0.909 bits per heavy atom. The van der Waals surface area contributed by atoms with Crippen molar-refractivity contribution in [3.05, 3.63) is 87.4 Å². The number of hydrogen-bond acceptors (Lipinski definition) is 2. The molecule has 2 aromatic carbocycles. The van der Waals surface area contributed by atoms with Crippen molar-refractivity contribution in [2.24, 2.45) is 0 Å². The molecule has 0 fully saturated rings. The third kappa shape index (κ3) is 4.12. The van der Waals surface area contributed by atoms with E-state index in [4.69, 9.17) is 4.98 Å². The van der Waals surface area contributed by atoms with Crippen LogP contribution >= 0.6 is 0 Å². The Labute approximate surface area is 197 Å². The summed E-state index contributed by atoms with van der Waals surface area (Å²) in [7, 11) is 0. The molecular formula is C30H35FN2. The van der Waals surface area contributed by atoms with Crippen LogP contribution < -0.4 is 0 Å². The maximum atomic E-state index is 13.9. The molecule has 2 heterocycles. The van der Waals surface area contributed by atoms with Gasteiger partial charge in [-0.15, -0.1) is 0 Å². The van der Waals surface area contributed by atoms with Crippen LogP contribution in [0.3, 0.4) is 0 Å². The molecule has 1 atom stereocenters. The van der Waals surface area contributed by atoms with E-state index in [0.29, 0.717) is 6.04 Å². The summed E-state index contributed by atoms with van der Waals surface area (Å²) in [6.45, 7) is 8.63. The third-order valence-corrected chi connectivity index (χ3v) is 7.73. The predicted molar refractivity (Wildman–Crippen MR) is 134 cm³/mol. The van der Waals surface area contributed by atoms with Crippen molar-refractivity contribution in [3.63, 3.8) is 0 Å². The van der Waals surface area contributed by atoms with Gasteiger partial charge in [0.25, 0.3) is 0 Å². The van der Waals surface area contributed by atoms with E-state index < -0.39 is 0 Å². The van der Waals surface area contributed by atoms with Crippen molar-refractivity contribution < 1.29 is 4.39 Å². The van der Waals surface area contributed by atoms with Crippen LogP contribution in [0.4, 0.5) is 4.39 Å². The van der Waals surface area contributed by atoms with Gasteiger partial charge in [0.05, 0.1) is 5.69 Å². The minimum absolute atomic E-state index is 0.124. The minimum atomic E-state index is -0.124. The summed E-state index contributed by atoms with van der Waals surface area (Å²) in [5.74, 6) is -0.124. The van der Waals surface area contributed by atoms with Gasteiger partial charge in [0.1, 0.15) is 5.82 Å². The van der Waals surface area contributed by atoms with Crippen molar-refractivity contribution >= 4 is 0 Å². The van der Waals surface area contributed by atoms with Crippen molar-refractivity contribution in [3.8, 4) is 11.3 Å². The molecule has 0 saturated heterocycles. The molecule has 33 heavy (non-hydrogen) atoms. The molecule has 0 saturated carbocycles. The van der Waals surface area contributed by atoms with E-state index in [1.54, 1.807) is 12.1 Å². The average molecular weight is 443 g/mol. The van der Waals surface area contributed by atoms with Crippen molar-refractivity contribution in [1.29, 1.82) is 0 Å². The van der Waals surface area contributed by atoms with Gasteiger partial charge < -0.3 is 0 Å². The molecule has 0 spiro atoms. The zero-order valence-electron chi connectivity index (χ0n) is 20.3. The molecule has 1 unspecified atom stereocenters. The second kappa shape index (κ2) is 9.38. The highest BCUT2D eigenvalue weighted by Crippen LogP contribution is 2.40. The summed E-state index contributed by atoms with van der Waals surface area (Å²) in [5, 5.41) is 0. The first-order valence-electron chi connectivity index (χ1n) is 12.8. The van der Waals surface area contributed by atoms with Gasteiger partial charge in [-0.25, -0.2) is 4.39 Å². The fourth-order valence-electron chi connectivity index (χ4n) is 6.04. The molecule has 1 aliphatic carbocycles. The van der Waals surface area contributed by atoms with Gasteiger partial charge in [-0.05, 0) is 96.5 Å². The van der Waals surface area contributed by atoms with Crippen molar-refractivity contribution in [1.82, 2.24) is 9.88 Å². The van der Waals surface area contributed by atoms with Crippen LogP contribution in [0.25, 0.3) is 11.3 Å². The van der Waals surface area contributed by atoms with Crippen LogP contribution in [0.5, 0.6) is 0 Å². The maximum absolute atomic E-state index is 13.9. The second-order valence-corrected chi connectivity index (χ2v) is 9.58. The van der Waals surface area contributed by atoms with Gasteiger partial charge >= 0.3 is 0 Å². The van der Waals surface area contributed by atoms with E-state index in [2.05, 4.69) is 49.9 Å². The van der Waals surface area contributed by atoms with E-state index in [0.717, 1.165) is 62.9 Å². The lowest BCUT2D eigenvalue weighted by Gasteiger charge is -2.39. The highest BCUT2D eigenvalue weighted by Gasteiger charge is 2.31. The monoisotopic (exact) mass is 442 g/mol. The van der Waals surface area contributed by atoms with Crippen molar-refractivity contribution in [2.45, 2.75) is 78.3 Å². The van der Waals surface area contributed by atoms with Gasteiger partial charge in [0.15, 0.2) is 0 Å².